The quantitative estimate of drug-likeness (QED) is 0.849. The molecule has 0 amide bonds. The van der Waals surface area contributed by atoms with Crippen molar-refractivity contribution >= 4 is 23.2 Å². The lowest BCUT2D eigenvalue weighted by Gasteiger charge is -2.33. The number of ether oxygens (including phenoxy) is 1. The van der Waals surface area contributed by atoms with Gasteiger partial charge in [-0.05, 0) is 43.5 Å². The second-order valence-electron chi connectivity index (χ2n) is 5.91. The lowest BCUT2D eigenvalue weighted by molar-refractivity contribution is -0.0278. The highest BCUT2D eigenvalue weighted by atomic mass is 35.5. The molecule has 2 nitrogen and oxygen atoms in total. The summed E-state index contributed by atoms with van der Waals surface area (Å²) in [7, 11) is 0. The molecule has 1 heterocycles. The molecule has 1 aliphatic rings. The van der Waals surface area contributed by atoms with Gasteiger partial charge in [-0.15, -0.1) is 0 Å². The van der Waals surface area contributed by atoms with Crippen molar-refractivity contribution in [1.29, 1.82) is 0 Å². The van der Waals surface area contributed by atoms with Crippen LogP contribution in [0.15, 0.2) is 18.2 Å². The monoisotopic (exact) mass is 315 g/mol. The highest BCUT2D eigenvalue weighted by Gasteiger charge is 2.28. The van der Waals surface area contributed by atoms with Crippen LogP contribution in [0.4, 0.5) is 0 Å². The lowest BCUT2D eigenvalue weighted by atomic mass is 9.89. The molecular formula is C16H23Cl2NO. The van der Waals surface area contributed by atoms with Crippen LogP contribution in [0, 0.1) is 11.8 Å². The fraction of sp³-hybridized carbons (Fsp3) is 0.625. The highest BCUT2D eigenvalue weighted by Crippen LogP contribution is 2.37. The summed E-state index contributed by atoms with van der Waals surface area (Å²) in [6, 6.07) is 5.62. The molecule has 1 aromatic rings. The van der Waals surface area contributed by atoms with Gasteiger partial charge < -0.3 is 10.1 Å². The van der Waals surface area contributed by atoms with Gasteiger partial charge in [-0.1, -0.05) is 37.0 Å². The molecule has 1 N–H and O–H groups in total. The van der Waals surface area contributed by atoms with Crippen molar-refractivity contribution in [3.63, 3.8) is 0 Å². The molecule has 1 aromatic carbocycles. The van der Waals surface area contributed by atoms with Crippen LogP contribution in [0.1, 0.15) is 38.4 Å². The van der Waals surface area contributed by atoms with E-state index in [2.05, 4.69) is 19.2 Å². The summed E-state index contributed by atoms with van der Waals surface area (Å²) in [6.45, 7) is 7.23. The normalized spacial score (nSPS) is 23.2. The second-order valence-corrected chi connectivity index (χ2v) is 6.76. The van der Waals surface area contributed by atoms with Crippen LogP contribution in [0.5, 0.6) is 0 Å². The fourth-order valence-corrected chi connectivity index (χ4v) is 3.09. The Balaban J connectivity index is 2.07. The fourth-order valence-electron chi connectivity index (χ4n) is 2.69. The van der Waals surface area contributed by atoms with Gasteiger partial charge in [0.2, 0.25) is 0 Å². The highest BCUT2D eigenvalue weighted by molar-refractivity contribution is 6.33. The molecule has 4 heteroatoms. The Bertz CT molecular complexity index is 436. The van der Waals surface area contributed by atoms with E-state index in [9.17, 15) is 0 Å². The van der Waals surface area contributed by atoms with Crippen LogP contribution in [0.3, 0.4) is 0 Å². The largest absolute Gasteiger partial charge is 0.373 e. The van der Waals surface area contributed by atoms with Gasteiger partial charge in [0.1, 0.15) is 0 Å². The molecule has 0 radical (unpaired) electrons. The maximum Gasteiger partial charge on any atom is 0.0880 e. The summed E-state index contributed by atoms with van der Waals surface area (Å²) >= 11 is 12.4. The molecule has 0 saturated carbocycles. The van der Waals surface area contributed by atoms with Gasteiger partial charge in [0.15, 0.2) is 0 Å². The van der Waals surface area contributed by atoms with Gasteiger partial charge in [0.05, 0.1) is 6.10 Å². The number of benzene rings is 1. The first-order valence-electron chi connectivity index (χ1n) is 7.35. The standard InChI is InChI=1S/C16H23Cl2NO/c1-11(2)9-19-10-12-4-3-7-20-16(12)14-8-13(17)5-6-15(14)18/h5-6,8,11-12,16,19H,3-4,7,9-10H2,1-2H3. The molecule has 1 aliphatic heterocycles. The Morgan fingerprint density at radius 3 is 2.90 bits per heavy atom. The van der Waals surface area contributed by atoms with E-state index < -0.39 is 0 Å². The van der Waals surface area contributed by atoms with Crippen molar-refractivity contribution in [2.45, 2.75) is 32.8 Å². The number of hydrogen-bond donors (Lipinski definition) is 1. The van der Waals surface area contributed by atoms with Gasteiger partial charge in [-0.25, -0.2) is 0 Å². The van der Waals surface area contributed by atoms with Crippen LogP contribution in [0.2, 0.25) is 10.0 Å². The van der Waals surface area contributed by atoms with Gasteiger partial charge in [0, 0.05) is 34.7 Å². The predicted molar refractivity (Wildman–Crippen MR) is 85.6 cm³/mol. The molecule has 0 spiro atoms. The molecule has 2 rings (SSSR count). The van der Waals surface area contributed by atoms with Crippen molar-refractivity contribution < 1.29 is 4.74 Å². The smallest absolute Gasteiger partial charge is 0.0880 e. The molecule has 0 bridgehead atoms. The van der Waals surface area contributed by atoms with Crippen LogP contribution in [-0.4, -0.2) is 19.7 Å². The summed E-state index contributed by atoms with van der Waals surface area (Å²) in [6.07, 6.45) is 2.33. The van der Waals surface area contributed by atoms with Crippen molar-refractivity contribution in [3.8, 4) is 0 Å². The van der Waals surface area contributed by atoms with E-state index in [0.29, 0.717) is 16.9 Å². The molecule has 112 valence electrons. The van der Waals surface area contributed by atoms with Gasteiger partial charge in [-0.2, -0.15) is 0 Å². The number of halogens is 2. The van der Waals surface area contributed by atoms with Crippen molar-refractivity contribution in [2.75, 3.05) is 19.7 Å². The number of nitrogens with one attached hydrogen (secondary N) is 1. The zero-order valence-electron chi connectivity index (χ0n) is 12.2. The summed E-state index contributed by atoms with van der Waals surface area (Å²) in [4.78, 5) is 0. The maximum atomic E-state index is 6.32. The van der Waals surface area contributed by atoms with E-state index >= 15 is 0 Å². The molecule has 1 fully saturated rings. The van der Waals surface area contributed by atoms with Crippen LogP contribution in [-0.2, 0) is 4.74 Å². The minimum absolute atomic E-state index is 0.0506. The minimum Gasteiger partial charge on any atom is -0.373 e. The number of rotatable bonds is 5. The van der Waals surface area contributed by atoms with Gasteiger partial charge in [0.25, 0.3) is 0 Å². The summed E-state index contributed by atoms with van der Waals surface area (Å²) < 4.78 is 5.99. The molecule has 2 atom stereocenters. The maximum absolute atomic E-state index is 6.32. The van der Waals surface area contributed by atoms with Crippen molar-refractivity contribution in [1.82, 2.24) is 5.32 Å². The first-order valence-corrected chi connectivity index (χ1v) is 8.10. The Labute approximate surface area is 131 Å². The second kappa shape index (κ2) is 7.65. The Kier molecular flexibility index (Phi) is 6.16. The van der Waals surface area contributed by atoms with Crippen LogP contribution >= 0.6 is 23.2 Å². The Morgan fingerprint density at radius 1 is 1.35 bits per heavy atom. The minimum atomic E-state index is 0.0506. The third-order valence-electron chi connectivity index (χ3n) is 3.67. The van der Waals surface area contributed by atoms with E-state index in [1.54, 1.807) is 0 Å². The molecule has 0 aromatic heterocycles. The lowest BCUT2D eigenvalue weighted by Crippen LogP contribution is -2.33. The van der Waals surface area contributed by atoms with E-state index in [1.807, 2.05) is 18.2 Å². The molecule has 1 saturated heterocycles. The zero-order valence-corrected chi connectivity index (χ0v) is 13.7. The van der Waals surface area contributed by atoms with E-state index in [0.717, 1.165) is 36.7 Å². The van der Waals surface area contributed by atoms with E-state index in [1.165, 1.54) is 6.42 Å². The molecule has 20 heavy (non-hydrogen) atoms. The van der Waals surface area contributed by atoms with E-state index in [4.69, 9.17) is 27.9 Å². The third-order valence-corrected chi connectivity index (χ3v) is 4.25. The van der Waals surface area contributed by atoms with Gasteiger partial charge >= 0.3 is 0 Å². The average Bonchev–Trinajstić information content (AvgIpc) is 2.42. The average molecular weight is 316 g/mol. The zero-order chi connectivity index (χ0) is 14.5. The summed E-state index contributed by atoms with van der Waals surface area (Å²) in [5, 5.41) is 4.99. The van der Waals surface area contributed by atoms with Crippen LogP contribution < -0.4 is 5.32 Å². The van der Waals surface area contributed by atoms with Crippen molar-refractivity contribution in [2.24, 2.45) is 11.8 Å². The van der Waals surface area contributed by atoms with Crippen LogP contribution in [0.25, 0.3) is 0 Å². The number of hydrogen-bond acceptors (Lipinski definition) is 2. The SMILES string of the molecule is CC(C)CNCC1CCCOC1c1cc(Cl)ccc1Cl. The van der Waals surface area contributed by atoms with E-state index in [-0.39, 0.29) is 6.10 Å². The summed E-state index contributed by atoms with van der Waals surface area (Å²) in [5.74, 6) is 1.12. The van der Waals surface area contributed by atoms with Gasteiger partial charge in [-0.3, -0.25) is 0 Å². The predicted octanol–water partition coefficient (Wildman–Crippen LogP) is 4.71. The first kappa shape index (κ1) is 16.1. The first-order chi connectivity index (χ1) is 9.58. The Morgan fingerprint density at radius 2 is 2.15 bits per heavy atom. The Hall–Kier alpha value is -0.280. The molecule has 2 unspecified atom stereocenters. The third kappa shape index (κ3) is 4.36. The summed E-state index contributed by atoms with van der Waals surface area (Å²) in [5.41, 5.74) is 1.02. The molecule has 0 aliphatic carbocycles. The molecular weight excluding hydrogens is 293 g/mol. The van der Waals surface area contributed by atoms with Crippen molar-refractivity contribution in [3.05, 3.63) is 33.8 Å². The topological polar surface area (TPSA) is 21.3 Å².